The summed E-state index contributed by atoms with van der Waals surface area (Å²) in [7, 11) is 0. The molecule has 5 heteroatoms. The van der Waals surface area contributed by atoms with Crippen molar-refractivity contribution in [1.82, 2.24) is 9.97 Å². The molecule has 90 valence electrons. The number of carbonyl (C=O) groups excluding carboxylic acids is 2. The molecule has 0 aromatic carbocycles. The van der Waals surface area contributed by atoms with Crippen LogP contribution < -0.4 is 0 Å². The van der Waals surface area contributed by atoms with E-state index in [0.717, 1.165) is 6.08 Å². The quantitative estimate of drug-likeness (QED) is 0.441. The number of hydrogen-bond acceptors (Lipinski definition) is 5. The first-order valence-corrected chi connectivity index (χ1v) is 5.11. The van der Waals surface area contributed by atoms with Crippen LogP contribution in [0.4, 0.5) is 0 Å². The molecule has 0 N–H and O–H groups in total. The highest BCUT2D eigenvalue weighted by molar-refractivity contribution is 5.95. The predicted octanol–water partition coefficient (Wildman–Crippen LogP) is 1.61. The van der Waals surface area contributed by atoms with Crippen molar-refractivity contribution < 1.29 is 14.3 Å². The van der Waals surface area contributed by atoms with E-state index in [1.807, 2.05) is 0 Å². The summed E-state index contributed by atoms with van der Waals surface area (Å²) < 4.78 is 4.62. The van der Waals surface area contributed by atoms with Crippen molar-refractivity contribution in [3.63, 3.8) is 0 Å². The van der Waals surface area contributed by atoms with Crippen molar-refractivity contribution >= 4 is 18.0 Å². The Bertz CT molecular complexity index is 433. The summed E-state index contributed by atoms with van der Waals surface area (Å²) in [6.07, 6.45) is 5.62. The highest BCUT2D eigenvalue weighted by Gasteiger charge is 2.24. The van der Waals surface area contributed by atoms with Crippen molar-refractivity contribution in [3.05, 3.63) is 30.4 Å². The molecule has 1 heterocycles. The highest BCUT2D eigenvalue weighted by Crippen LogP contribution is 2.15. The molecular formula is C12H14N2O3. The van der Waals surface area contributed by atoms with Crippen LogP contribution in [0.15, 0.2) is 24.5 Å². The van der Waals surface area contributed by atoms with Gasteiger partial charge in [0.1, 0.15) is 0 Å². The number of hydrogen-bond donors (Lipinski definition) is 0. The number of carbonyl (C=O) groups is 2. The lowest BCUT2D eigenvalue weighted by molar-refractivity contribution is -0.162. The second-order valence-corrected chi connectivity index (χ2v) is 4.40. The third-order valence-electron chi connectivity index (χ3n) is 1.76. The smallest absolute Gasteiger partial charge is 0.338 e. The zero-order valence-corrected chi connectivity index (χ0v) is 10.0. The van der Waals surface area contributed by atoms with E-state index in [1.54, 1.807) is 39.2 Å². The van der Waals surface area contributed by atoms with Crippen LogP contribution in [-0.4, -0.2) is 21.9 Å². The maximum atomic E-state index is 11.4. The Balaban J connectivity index is 2.57. The van der Waals surface area contributed by atoms with Crippen LogP contribution in [0, 0.1) is 5.41 Å². The van der Waals surface area contributed by atoms with Crippen LogP contribution in [0.2, 0.25) is 0 Å². The van der Waals surface area contributed by atoms with E-state index in [0.29, 0.717) is 5.82 Å². The van der Waals surface area contributed by atoms with Gasteiger partial charge in [-0.25, -0.2) is 14.8 Å². The van der Waals surface area contributed by atoms with Crippen LogP contribution in [0.5, 0.6) is 0 Å². The van der Waals surface area contributed by atoms with Crippen molar-refractivity contribution in [2.75, 3.05) is 0 Å². The maximum absolute atomic E-state index is 11.4. The van der Waals surface area contributed by atoms with Crippen LogP contribution in [0.1, 0.15) is 26.6 Å². The number of esters is 2. The molecule has 0 atom stereocenters. The second kappa shape index (κ2) is 5.34. The molecule has 0 spiro atoms. The number of nitrogens with zero attached hydrogens (tertiary/aromatic N) is 2. The minimum absolute atomic E-state index is 0.382. The third kappa shape index (κ3) is 4.55. The van der Waals surface area contributed by atoms with Crippen LogP contribution in [-0.2, 0) is 14.3 Å². The molecule has 0 amide bonds. The lowest BCUT2D eigenvalue weighted by Crippen LogP contribution is -2.25. The summed E-state index contributed by atoms with van der Waals surface area (Å²) in [5, 5.41) is 0. The molecule has 1 aromatic rings. The van der Waals surface area contributed by atoms with Crippen LogP contribution in [0.25, 0.3) is 6.08 Å². The van der Waals surface area contributed by atoms with Gasteiger partial charge in [0, 0.05) is 18.5 Å². The number of rotatable bonds is 2. The van der Waals surface area contributed by atoms with E-state index in [9.17, 15) is 9.59 Å². The monoisotopic (exact) mass is 234 g/mol. The van der Waals surface area contributed by atoms with Gasteiger partial charge in [-0.2, -0.15) is 0 Å². The van der Waals surface area contributed by atoms with Gasteiger partial charge in [-0.05, 0) is 32.9 Å². The summed E-state index contributed by atoms with van der Waals surface area (Å²) in [6, 6.07) is 1.67. The Morgan fingerprint density at radius 2 is 1.82 bits per heavy atom. The first-order valence-electron chi connectivity index (χ1n) is 5.11. The van der Waals surface area contributed by atoms with Crippen LogP contribution in [0.3, 0.4) is 0 Å². The van der Waals surface area contributed by atoms with Crippen molar-refractivity contribution in [1.29, 1.82) is 0 Å². The Labute approximate surface area is 99.5 Å². The molecule has 0 fully saturated rings. The molecule has 1 aromatic heterocycles. The Morgan fingerprint density at radius 3 is 2.35 bits per heavy atom. The lowest BCUT2D eigenvalue weighted by Gasteiger charge is -2.14. The van der Waals surface area contributed by atoms with Gasteiger partial charge < -0.3 is 4.74 Å². The molecule has 0 aliphatic heterocycles. The SMILES string of the molecule is CC(C)(C)C(=O)OC(=O)/C=C/c1ncccn1. The Morgan fingerprint density at radius 1 is 1.24 bits per heavy atom. The number of aromatic nitrogens is 2. The predicted molar refractivity (Wildman–Crippen MR) is 61.6 cm³/mol. The summed E-state index contributed by atoms with van der Waals surface area (Å²) in [5.74, 6) is -0.911. The van der Waals surface area contributed by atoms with Gasteiger partial charge >= 0.3 is 11.9 Å². The van der Waals surface area contributed by atoms with E-state index >= 15 is 0 Å². The second-order valence-electron chi connectivity index (χ2n) is 4.40. The van der Waals surface area contributed by atoms with Gasteiger partial charge in [0.15, 0.2) is 5.82 Å². The van der Waals surface area contributed by atoms with Gasteiger partial charge in [0.05, 0.1) is 5.41 Å². The molecule has 5 nitrogen and oxygen atoms in total. The fourth-order valence-electron chi connectivity index (χ4n) is 0.818. The molecule has 1 rings (SSSR count). The molecule has 0 aliphatic rings. The molecule has 0 saturated carbocycles. The Hall–Kier alpha value is -2.04. The maximum Gasteiger partial charge on any atom is 0.338 e. The van der Waals surface area contributed by atoms with Gasteiger partial charge in [0.2, 0.25) is 0 Å². The fraction of sp³-hybridized carbons (Fsp3) is 0.333. The first-order chi connectivity index (χ1) is 7.89. The topological polar surface area (TPSA) is 69.2 Å². The van der Waals surface area contributed by atoms with Gasteiger partial charge in [-0.1, -0.05) is 0 Å². The molecule has 0 unspecified atom stereocenters. The number of ether oxygens (including phenoxy) is 1. The van der Waals surface area contributed by atoms with Gasteiger partial charge in [0.25, 0.3) is 0 Å². The molecule has 0 saturated heterocycles. The minimum Gasteiger partial charge on any atom is -0.389 e. The summed E-state index contributed by atoms with van der Waals surface area (Å²) in [6.45, 7) is 5.02. The van der Waals surface area contributed by atoms with E-state index in [-0.39, 0.29) is 0 Å². The van der Waals surface area contributed by atoms with Gasteiger partial charge in [-0.3, -0.25) is 4.79 Å². The zero-order valence-electron chi connectivity index (χ0n) is 10.0. The van der Waals surface area contributed by atoms with E-state index in [1.165, 1.54) is 6.08 Å². The van der Waals surface area contributed by atoms with Gasteiger partial charge in [-0.15, -0.1) is 0 Å². The summed E-state index contributed by atoms with van der Waals surface area (Å²) >= 11 is 0. The zero-order chi connectivity index (χ0) is 12.9. The van der Waals surface area contributed by atoms with Crippen molar-refractivity contribution in [3.8, 4) is 0 Å². The van der Waals surface area contributed by atoms with E-state index in [2.05, 4.69) is 14.7 Å². The highest BCUT2D eigenvalue weighted by atomic mass is 16.6. The Kier molecular flexibility index (Phi) is 4.09. The molecule has 0 radical (unpaired) electrons. The fourth-order valence-corrected chi connectivity index (χ4v) is 0.818. The van der Waals surface area contributed by atoms with Crippen molar-refractivity contribution in [2.45, 2.75) is 20.8 Å². The molecule has 0 aliphatic carbocycles. The molecule has 0 bridgehead atoms. The normalized spacial score (nSPS) is 11.5. The largest absolute Gasteiger partial charge is 0.389 e. The summed E-state index contributed by atoms with van der Waals surface area (Å²) in [5.41, 5.74) is -0.702. The molecular weight excluding hydrogens is 220 g/mol. The lowest BCUT2D eigenvalue weighted by atomic mass is 9.97. The third-order valence-corrected chi connectivity index (χ3v) is 1.76. The average molecular weight is 234 g/mol. The minimum atomic E-state index is -0.725. The van der Waals surface area contributed by atoms with E-state index < -0.39 is 17.4 Å². The van der Waals surface area contributed by atoms with E-state index in [4.69, 9.17) is 0 Å². The standard InChI is InChI=1S/C12H14N2O3/c1-12(2,3)11(16)17-10(15)6-5-9-13-7-4-8-14-9/h4-8H,1-3H3/b6-5+. The van der Waals surface area contributed by atoms with Crippen LogP contribution >= 0.6 is 0 Å². The molecule has 17 heavy (non-hydrogen) atoms. The average Bonchev–Trinajstić information content (AvgIpc) is 2.26. The first kappa shape index (κ1) is 13.0. The van der Waals surface area contributed by atoms with Crippen molar-refractivity contribution in [2.24, 2.45) is 5.41 Å². The summed E-state index contributed by atoms with van der Waals surface area (Å²) in [4.78, 5) is 30.4.